The molecule has 0 unspecified atom stereocenters. The molecule has 0 aromatic heterocycles. The molecule has 1 N–H and O–H groups in total. The first-order chi connectivity index (χ1) is 4.77. The van der Waals surface area contributed by atoms with Crippen molar-refractivity contribution in [2.45, 2.75) is 6.92 Å². The second-order valence-corrected chi connectivity index (χ2v) is 1.57. The average molecular weight is 136 g/mol. The maximum absolute atomic E-state index is 10.3. The van der Waals surface area contributed by atoms with Crippen LogP contribution in [0.3, 0.4) is 0 Å². The molecule has 0 aromatic rings. The summed E-state index contributed by atoms with van der Waals surface area (Å²) in [4.78, 5) is 10.3. The number of rotatable bonds is 3. The average Bonchev–Trinajstić information content (AvgIpc) is 1.87. The normalized spacial score (nSPS) is 10.0. The monoisotopic (exact) mass is 136 g/mol. The van der Waals surface area contributed by atoms with Crippen molar-refractivity contribution in [1.82, 2.24) is 5.32 Å². The Morgan fingerprint density at radius 1 is 1.60 bits per heavy atom. The molecule has 0 radical (unpaired) electrons. The zero-order valence-corrected chi connectivity index (χ0v) is 5.66. The van der Waals surface area contributed by atoms with Gasteiger partial charge in [0.25, 0.3) is 0 Å². The van der Waals surface area contributed by atoms with Crippen molar-refractivity contribution in [2.75, 3.05) is 0 Å². The molecule has 0 amide bonds. The molecule has 0 aliphatic carbocycles. The maximum atomic E-state index is 10.3. The van der Waals surface area contributed by atoms with E-state index in [1.54, 1.807) is 6.07 Å². The van der Waals surface area contributed by atoms with E-state index in [0.717, 1.165) is 0 Å². The van der Waals surface area contributed by atoms with E-state index in [1.807, 2.05) is 0 Å². The van der Waals surface area contributed by atoms with Crippen LogP contribution in [0.15, 0.2) is 24.6 Å². The first-order valence-corrected chi connectivity index (χ1v) is 2.75. The van der Waals surface area contributed by atoms with E-state index < -0.39 is 0 Å². The lowest BCUT2D eigenvalue weighted by Crippen LogP contribution is -1.92. The van der Waals surface area contributed by atoms with E-state index in [4.69, 9.17) is 5.26 Å². The van der Waals surface area contributed by atoms with Crippen LogP contribution < -0.4 is 5.32 Å². The third-order valence-electron chi connectivity index (χ3n) is 0.668. The molecule has 52 valence electrons. The molecule has 0 heterocycles. The first-order valence-electron chi connectivity index (χ1n) is 2.75. The van der Waals surface area contributed by atoms with Gasteiger partial charge in [-0.2, -0.15) is 5.26 Å². The molecule has 0 saturated carbocycles. The summed E-state index contributed by atoms with van der Waals surface area (Å²) in [6.07, 6.45) is 5.57. The lowest BCUT2D eigenvalue weighted by atomic mass is 10.4. The lowest BCUT2D eigenvalue weighted by Gasteiger charge is -1.83. The summed E-state index contributed by atoms with van der Waals surface area (Å²) in [5.41, 5.74) is 0. The van der Waals surface area contributed by atoms with Gasteiger partial charge in [-0.25, -0.2) is 0 Å². The van der Waals surface area contributed by atoms with Gasteiger partial charge in [-0.3, -0.25) is 4.79 Å². The van der Waals surface area contributed by atoms with E-state index in [9.17, 15) is 4.79 Å². The van der Waals surface area contributed by atoms with E-state index in [2.05, 4.69) is 5.32 Å². The molecule has 10 heavy (non-hydrogen) atoms. The summed E-state index contributed by atoms with van der Waals surface area (Å²) in [6, 6.07) is 1.79. The van der Waals surface area contributed by atoms with Gasteiger partial charge in [-0.1, -0.05) is 0 Å². The number of nitrogens with one attached hydrogen (secondary N) is 1. The fraction of sp³-hybridized carbons (Fsp3) is 0.143. The van der Waals surface area contributed by atoms with Crippen LogP contribution in [0.25, 0.3) is 0 Å². The number of nitrogens with zero attached hydrogens (tertiary/aromatic N) is 1. The summed E-state index contributed by atoms with van der Waals surface area (Å²) >= 11 is 0. The molecule has 0 aliphatic rings. The number of allylic oxidation sites excluding steroid dienone is 2. The van der Waals surface area contributed by atoms with Gasteiger partial charge in [-0.15, -0.1) is 0 Å². The number of hydrogen-bond donors (Lipinski definition) is 1. The Hall–Kier alpha value is -1.56. The minimum Gasteiger partial charge on any atom is -0.367 e. The smallest absolute Gasteiger partial charge is 0.154 e. The fourth-order valence-electron chi connectivity index (χ4n) is 0.306. The molecule has 0 aromatic carbocycles. The number of nitriles is 1. The SMILES string of the molecule is CC(=O)/C=C/N/C=C/C#N. The third-order valence-corrected chi connectivity index (χ3v) is 0.668. The standard InChI is InChI=1S/C7H8N2O/c1-7(10)3-6-9-5-2-4-8/h2-3,5-6,9H,1H3/b5-2+,6-3+. The van der Waals surface area contributed by atoms with Crippen LogP contribution in [-0.2, 0) is 4.79 Å². The summed E-state index contributed by atoms with van der Waals surface area (Å²) in [7, 11) is 0. The molecular formula is C7H8N2O. The van der Waals surface area contributed by atoms with E-state index in [1.165, 1.54) is 31.5 Å². The van der Waals surface area contributed by atoms with Crippen LogP contribution in [0.2, 0.25) is 0 Å². The van der Waals surface area contributed by atoms with Crippen LogP contribution in [0, 0.1) is 11.3 Å². The van der Waals surface area contributed by atoms with Crippen molar-refractivity contribution < 1.29 is 4.79 Å². The molecule has 3 nitrogen and oxygen atoms in total. The minimum atomic E-state index is -0.0298. The molecule has 0 spiro atoms. The minimum absolute atomic E-state index is 0.0298. The molecular weight excluding hydrogens is 128 g/mol. The van der Waals surface area contributed by atoms with E-state index in [-0.39, 0.29) is 5.78 Å². The van der Waals surface area contributed by atoms with Crippen molar-refractivity contribution in [3.63, 3.8) is 0 Å². The second-order valence-electron chi connectivity index (χ2n) is 1.57. The Morgan fingerprint density at radius 2 is 2.30 bits per heavy atom. The highest BCUT2D eigenvalue weighted by atomic mass is 16.1. The van der Waals surface area contributed by atoms with Crippen molar-refractivity contribution in [2.24, 2.45) is 0 Å². The van der Waals surface area contributed by atoms with Gasteiger partial charge >= 0.3 is 0 Å². The molecule has 0 aliphatic heterocycles. The Bertz CT molecular complexity index is 198. The number of hydrogen-bond acceptors (Lipinski definition) is 3. The number of carbonyl (C=O) groups is 1. The van der Waals surface area contributed by atoms with Crippen molar-refractivity contribution >= 4 is 5.78 Å². The topological polar surface area (TPSA) is 52.9 Å². The number of ketones is 1. The Kier molecular flexibility index (Phi) is 4.70. The maximum Gasteiger partial charge on any atom is 0.154 e. The molecule has 3 heteroatoms. The third kappa shape index (κ3) is 6.44. The highest BCUT2D eigenvalue weighted by Crippen LogP contribution is 1.71. The lowest BCUT2D eigenvalue weighted by molar-refractivity contribution is -0.112. The fourth-order valence-corrected chi connectivity index (χ4v) is 0.306. The molecule has 0 saturated heterocycles. The van der Waals surface area contributed by atoms with Crippen LogP contribution in [0.5, 0.6) is 0 Å². The highest BCUT2D eigenvalue weighted by molar-refractivity contribution is 5.87. The zero-order valence-electron chi connectivity index (χ0n) is 5.66. The second kappa shape index (κ2) is 5.57. The number of carbonyl (C=O) groups excluding carboxylic acids is 1. The summed E-state index contributed by atoms with van der Waals surface area (Å²) in [5, 5.41) is 10.6. The van der Waals surface area contributed by atoms with Gasteiger partial charge < -0.3 is 5.32 Å². The summed E-state index contributed by atoms with van der Waals surface area (Å²) in [5.74, 6) is -0.0298. The first kappa shape index (κ1) is 8.44. The van der Waals surface area contributed by atoms with Crippen LogP contribution in [0.1, 0.15) is 6.92 Å². The van der Waals surface area contributed by atoms with Crippen molar-refractivity contribution in [3.05, 3.63) is 24.6 Å². The van der Waals surface area contributed by atoms with Crippen LogP contribution in [-0.4, -0.2) is 5.78 Å². The van der Waals surface area contributed by atoms with Gasteiger partial charge in [0, 0.05) is 18.5 Å². The summed E-state index contributed by atoms with van der Waals surface area (Å²) < 4.78 is 0. The largest absolute Gasteiger partial charge is 0.367 e. The van der Waals surface area contributed by atoms with Crippen molar-refractivity contribution in [1.29, 1.82) is 5.26 Å². The molecule has 0 atom stereocenters. The summed E-state index contributed by atoms with van der Waals surface area (Å²) in [6.45, 7) is 1.45. The quantitative estimate of drug-likeness (QED) is 0.459. The van der Waals surface area contributed by atoms with Crippen LogP contribution in [0.4, 0.5) is 0 Å². The van der Waals surface area contributed by atoms with E-state index in [0.29, 0.717) is 0 Å². The van der Waals surface area contributed by atoms with Gasteiger partial charge in [-0.05, 0) is 13.0 Å². The Morgan fingerprint density at radius 3 is 2.80 bits per heavy atom. The molecule has 0 fully saturated rings. The zero-order chi connectivity index (χ0) is 7.82. The van der Waals surface area contributed by atoms with Crippen molar-refractivity contribution in [3.8, 4) is 6.07 Å². The van der Waals surface area contributed by atoms with Gasteiger partial charge in [0.1, 0.15) is 0 Å². The predicted molar refractivity (Wildman–Crippen MR) is 37.7 cm³/mol. The van der Waals surface area contributed by atoms with E-state index >= 15 is 0 Å². The van der Waals surface area contributed by atoms with Gasteiger partial charge in [0.15, 0.2) is 5.78 Å². The predicted octanol–water partition coefficient (Wildman–Crippen LogP) is 0.716. The molecule has 0 rings (SSSR count). The van der Waals surface area contributed by atoms with Gasteiger partial charge in [0.05, 0.1) is 6.07 Å². The Balaban J connectivity index is 3.47. The van der Waals surface area contributed by atoms with Crippen LogP contribution >= 0.6 is 0 Å². The highest BCUT2D eigenvalue weighted by Gasteiger charge is 1.76. The Labute approximate surface area is 59.7 Å². The molecule has 0 bridgehead atoms. The van der Waals surface area contributed by atoms with Gasteiger partial charge in [0.2, 0.25) is 0 Å².